The van der Waals surface area contributed by atoms with E-state index in [9.17, 15) is 0 Å². The highest BCUT2D eigenvalue weighted by Gasteiger charge is 2.14. The minimum Gasteiger partial charge on any atom is -0.385 e. The lowest BCUT2D eigenvalue weighted by Crippen LogP contribution is -2.13. The van der Waals surface area contributed by atoms with Gasteiger partial charge in [-0.25, -0.2) is 0 Å². The van der Waals surface area contributed by atoms with E-state index in [2.05, 4.69) is 68.6 Å². The molecule has 0 saturated carbocycles. The van der Waals surface area contributed by atoms with Crippen molar-refractivity contribution in [3.05, 3.63) is 64.7 Å². The number of nitrogens with one attached hydrogen (secondary N) is 1. The van der Waals surface area contributed by atoms with Crippen LogP contribution in [0.5, 0.6) is 0 Å². The lowest BCUT2D eigenvalue weighted by atomic mass is 9.86. The molecule has 1 aliphatic heterocycles. The minimum atomic E-state index is 0.231. The molecule has 0 aromatic heterocycles. The third kappa shape index (κ3) is 3.12. The Kier molecular flexibility index (Phi) is 3.75. The van der Waals surface area contributed by atoms with Crippen LogP contribution in [0.2, 0.25) is 0 Å². The van der Waals surface area contributed by atoms with Crippen LogP contribution in [0.1, 0.15) is 49.4 Å². The fraction of sp³-hybridized carbons (Fsp3) is 0.400. The molecule has 0 unspecified atom stereocenters. The van der Waals surface area contributed by atoms with Gasteiger partial charge in [0.05, 0.1) is 0 Å². The molecule has 0 spiro atoms. The van der Waals surface area contributed by atoms with Crippen molar-refractivity contribution in [2.24, 2.45) is 0 Å². The van der Waals surface area contributed by atoms with Crippen LogP contribution in [0.25, 0.3) is 0 Å². The molecule has 110 valence electrons. The van der Waals surface area contributed by atoms with E-state index < -0.39 is 0 Å². The minimum absolute atomic E-state index is 0.231. The predicted octanol–water partition coefficient (Wildman–Crippen LogP) is 4.93. The van der Waals surface area contributed by atoms with Crippen LogP contribution in [-0.2, 0) is 18.3 Å². The molecule has 0 atom stereocenters. The molecule has 2 aromatic rings. The first-order chi connectivity index (χ1) is 10.0. The highest BCUT2D eigenvalue weighted by atomic mass is 14.9. The molecule has 0 fully saturated rings. The molecule has 0 amide bonds. The molecular formula is C20H25N. The van der Waals surface area contributed by atoms with Gasteiger partial charge in [0.1, 0.15) is 0 Å². The number of hydrogen-bond acceptors (Lipinski definition) is 1. The van der Waals surface area contributed by atoms with Crippen LogP contribution in [0.15, 0.2) is 42.5 Å². The lowest BCUT2D eigenvalue weighted by Gasteiger charge is -2.22. The standard InChI is InChI=1S/C20H25N/c1-20(2,3)17-11-9-15(10-12-17)14-16-6-4-8-19-18(16)7-5-13-21-19/h4,6,8-12,21H,5,7,13-14H2,1-3H3. The first-order valence-corrected chi connectivity index (χ1v) is 7.98. The van der Waals surface area contributed by atoms with E-state index in [1.807, 2.05) is 0 Å². The van der Waals surface area contributed by atoms with E-state index in [0.29, 0.717) is 0 Å². The molecule has 1 heteroatoms. The van der Waals surface area contributed by atoms with Gasteiger partial charge in [0, 0.05) is 12.2 Å². The van der Waals surface area contributed by atoms with Crippen LogP contribution in [0.3, 0.4) is 0 Å². The van der Waals surface area contributed by atoms with Gasteiger partial charge < -0.3 is 5.32 Å². The number of rotatable bonds is 2. The summed E-state index contributed by atoms with van der Waals surface area (Å²) >= 11 is 0. The molecule has 2 aromatic carbocycles. The number of benzene rings is 2. The van der Waals surface area contributed by atoms with Crippen molar-refractivity contribution in [1.82, 2.24) is 0 Å². The Balaban J connectivity index is 1.84. The normalized spacial score (nSPS) is 14.4. The Morgan fingerprint density at radius 3 is 2.48 bits per heavy atom. The molecule has 3 rings (SSSR count). The molecule has 0 bridgehead atoms. The van der Waals surface area contributed by atoms with Crippen LogP contribution in [-0.4, -0.2) is 6.54 Å². The van der Waals surface area contributed by atoms with Gasteiger partial charge in [-0.2, -0.15) is 0 Å². The summed E-state index contributed by atoms with van der Waals surface area (Å²) in [6.45, 7) is 7.90. The first-order valence-electron chi connectivity index (χ1n) is 7.98. The van der Waals surface area contributed by atoms with Crippen LogP contribution >= 0.6 is 0 Å². The number of anilines is 1. The summed E-state index contributed by atoms with van der Waals surface area (Å²) in [6.07, 6.45) is 3.49. The molecular weight excluding hydrogens is 254 g/mol. The van der Waals surface area contributed by atoms with Gasteiger partial charge in [0.15, 0.2) is 0 Å². The van der Waals surface area contributed by atoms with Gasteiger partial charge in [-0.1, -0.05) is 57.2 Å². The second-order valence-corrected chi connectivity index (χ2v) is 7.10. The molecule has 21 heavy (non-hydrogen) atoms. The van der Waals surface area contributed by atoms with Gasteiger partial charge >= 0.3 is 0 Å². The highest BCUT2D eigenvalue weighted by Crippen LogP contribution is 2.28. The zero-order valence-electron chi connectivity index (χ0n) is 13.4. The van der Waals surface area contributed by atoms with E-state index in [0.717, 1.165) is 13.0 Å². The maximum absolute atomic E-state index is 3.52. The summed E-state index contributed by atoms with van der Waals surface area (Å²) in [7, 11) is 0. The zero-order valence-corrected chi connectivity index (χ0v) is 13.4. The molecule has 0 saturated heterocycles. The Morgan fingerprint density at radius 2 is 1.76 bits per heavy atom. The third-order valence-electron chi connectivity index (χ3n) is 4.41. The van der Waals surface area contributed by atoms with Crippen molar-refractivity contribution in [2.75, 3.05) is 11.9 Å². The number of fused-ring (bicyclic) bond motifs is 1. The first kappa shape index (κ1) is 14.2. The summed E-state index contributed by atoms with van der Waals surface area (Å²) in [5, 5.41) is 3.52. The Morgan fingerprint density at radius 1 is 1.00 bits per heavy atom. The molecule has 0 aliphatic carbocycles. The van der Waals surface area contributed by atoms with E-state index >= 15 is 0 Å². The Hall–Kier alpha value is -1.76. The van der Waals surface area contributed by atoms with Crippen LogP contribution < -0.4 is 5.32 Å². The maximum atomic E-state index is 3.52. The largest absolute Gasteiger partial charge is 0.385 e. The maximum Gasteiger partial charge on any atom is 0.0375 e. The van der Waals surface area contributed by atoms with Crippen LogP contribution in [0, 0.1) is 0 Å². The predicted molar refractivity (Wildman–Crippen MR) is 91.2 cm³/mol. The molecule has 1 N–H and O–H groups in total. The van der Waals surface area contributed by atoms with E-state index in [4.69, 9.17) is 0 Å². The summed E-state index contributed by atoms with van der Waals surface area (Å²) in [4.78, 5) is 0. The van der Waals surface area contributed by atoms with Crippen molar-refractivity contribution in [3.63, 3.8) is 0 Å². The van der Waals surface area contributed by atoms with Crippen molar-refractivity contribution < 1.29 is 0 Å². The fourth-order valence-electron chi connectivity index (χ4n) is 3.09. The third-order valence-corrected chi connectivity index (χ3v) is 4.41. The average molecular weight is 279 g/mol. The second-order valence-electron chi connectivity index (χ2n) is 7.10. The quantitative estimate of drug-likeness (QED) is 0.821. The van der Waals surface area contributed by atoms with Gasteiger partial charge in [-0.15, -0.1) is 0 Å². The van der Waals surface area contributed by atoms with Crippen molar-refractivity contribution in [1.29, 1.82) is 0 Å². The monoisotopic (exact) mass is 279 g/mol. The van der Waals surface area contributed by atoms with Crippen molar-refractivity contribution in [2.45, 2.75) is 45.4 Å². The summed E-state index contributed by atoms with van der Waals surface area (Å²) < 4.78 is 0. The summed E-state index contributed by atoms with van der Waals surface area (Å²) in [6, 6.07) is 15.8. The van der Waals surface area contributed by atoms with E-state index in [1.54, 1.807) is 0 Å². The fourth-order valence-corrected chi connectivity index (χ4v) is 3.09. The SMILES string of the molecule is CC(C)(C)c1ccc(Cc2cccc3c2CCCN3)cc1. The molecule has 1 nitrogen and oxygen atoms in total. The van der Waals surface area contributed by atoms with Crippen molar-refractivity contribution >= 4 is 5.69 Å². The second kappa shape index (κ2) is 5.55. The van der Waals surface area contributed by atoms with Crippen LogP contribution in [0.4, 0.5) is 5.69 Å². The van der Waals surface area contributed by atoms with Gasteiger partial charge in [-0.3, -0.25) is 0 Å². The summed E-state index contributed by atoms with van der Waals surface area (Å²) in [5.74, 6) is 0. The van der Waals surface area contributed by atoms with Gasteiger partial charge in [-0.05, 0) is 53.0 Å². The molecule has 1 heterocycles. The molecule has 1 aliphatic rings. The van der Waals surface area contributed by atoms with Crippen molar-refractivity contribution in [3.8, 4) is 0 Å². The Bertz CT molecular complexity index is 617. The Labute approximate surface area is 128 Å². The summed E-state index contributed by atoms with van der Waals surface area (Å²) in [5.41, 5.74) is 7.37. The smallest absolute Gasteiger partial charge is 0.0375 e. The highest BCUT2D eigenvalue weighted by molar-refractivity contribution is 5.57. The zero-order chi connectivity index (χ0) is 14.9. The topological polar surface area (TPSA) is 12.0 Å². The molecule has 0 radical (unpaired) electrons. The lowest BCUT2D eigenvalue weighted by molar-refractivity contribution is 0.590. The van der Waals surface area contributed by atoms with E-state index in [-0.39, 0.29) is 5.41 Å². The van der Waals surface area contributed by atoms with E-state index in [1.165, 1.54) is 40.8 Å². The van der Waals surface area contributed by atoms with Gasteiger partial charge in [0.2, 0.25) is 0 Å². The van der Waals surface area contributed by atoms with Gasteiger partial charge in [0.25, 0.3) is 0 Å². The number of hydrogen-bond donors (Lipinski definition) is 1. The average Bonchev–Trinajstić information content (AvgIpc) is 2.47.